The first-order chi connectivity index (χ1) is 19.0. The predicted molar refractivity (Wildman–Crippen MR) is 145 cm³/mol. The number of H-pyrrole nitrogens is 1. The van der Waals surface area contributed by atoms with Crippen molar-refractivity contribution in [1.82, 2.24) is 30.1 Å². The van der Waals surface area contributed by atoms with Crippen molar-refractivity contribution in [2.24, 2.45) is 0 Å². The first-order valence-electron chi connectivity index (χ1n) is 13.5. The number of aromatic nitrogens is 5. The second-order valence-electron chi connectivity index (χ2n) is 10.4. The zero-order chi connectivity index (χ0) is 26.8. The molecule has 1 fully saturated rings. The normalized spacial score (nSPS) is 15.3. The lowest BCUT2D eigenvalue weighted by atomic mass is 9.95. The smallest absolute Gasteiger partial charge is 0.253 e. The average molecular weight is 527 g/mol. The van der Waals surface area contributed by atoms with E-state index in [1.165, 1.54) is 18.6 Å². The van der Waals surface area contributed by atoms with E-state index >= 15 is 0 Å². The third-order valence-corrected chi connectivity index (χ3v) is 7.61. The summed E-state index contributed by atoms with van der Waals surface area (Å²) in [5.74, 6) is 1.06. The van der Waals surface area contributed by atoms with E-state index in [0.29, 0.717) is 24.5 Å². The highest BCUT2D eigenvalue weighted by Gasteiger charge is 2.33. The number of furan rings is 1. The Hall–Kier alpha value is -4.11. The molecule has 0 spiro atoms. The van der Waals surface area contributed by atoms with Crippen LogP contribution >= 0.6 is 0 Å². The molecule has 1 N–H and O–H groups in total. The molecule has 3 aromatic heterocycles. The standard InChI is InChI=1S/C30H31FN6O2/c1-20-9-12-22-17-26(30(38)32-27(22)16-20)28(29-33-34-35-37(29)24-6-3-2-4-7-24)36(19-25-8-5-15-39-25)18-21-10-13-23(31)14-11-21/h5,8-17,24,28H,2-4,6-7,18-19H2,1H3,(H,32,38)/t28-/m0/s1. The largest absolute Gasteiger partial charge is 0.468 e. The fourth-order valence-electron chi connectivity index (χ4n) is 5.67. The van der Waals surface area contributed by atoms with Crippen LogP contribution in [0.2, 0.25) is 0 Å². The Morgan fingerprint density at radius 2 is 1.90 bits per heavy atom. The molecule has 1 aliphatic rings. The summed E-state index contributed by atoms with van der Waals surface area (Å²) in [6, 6.07) is 17.7. The third-order valence-electron chi connectivity index (χ3n) is 7.61. The number of halogens is 1. The molecule has 1 saturated carbocycles. The quantitative estimate of drug-likeness (QED) is 0.273. The minimum Gasteiger partial charge on any atom is -0.468 e. The molecule has 1 aliphatic carbocycles. The molecule has 1 atom stereocenters. The van der Waals surface area contributed by atoms with Crippen LogP contribution in [0.25, 0.3) is 10.9 Å². The SMILES string of the molecule is Cc1ccc2cc([C@@H](c3nnnn3C3CCCCC3)N(Cc3ccc(F)cc3)Cc3ccco3)c(=O)[nH]c2c1. The van der Waals surface area contributed by atoms with Crippen LogP contribution in [0.1, 0.15) is 72.5 Å². The Balaban J connectivity index is 1.52. The van der Waals surface area contributed by atoms with Crippen molar-refractivity contribution in [1.29, 1.82) is 0 Å². The minimum atomic E-state index is -0.577. The van der Waals surface area contributed by atoms with Gasteiger partial charge in [0.25, 0.3) is 5.56 Å². The second-order valence-corrected chi connectivity index (χ2v) is 10.4. The van der Waals surface area contributed by atoms with Crippen LogP contribution in [-0.4, -0.2) is 30.1 Å². The summed E-state index contributed by atoms with van der Waals surface area (Å²) in [6.07, 6.45) is 7.07. The van der Waals surface area contributed by atoms with Gasteiger partial charge < -0.3 is 9.40 Å². The van der Waals surface area contributed by atoms with Crippen LogP contribution in [-0.2, 0) is 13.1 Å². The van der Waals surface area contributed by atoms with Gasteiger partial charge in [0.15, 0.2) is 5.82 Å². The Bertz CT molecular complexity index is 1600. The second kappa shape index (κ2) is 10.9. The number of pyridine rings is 1. The van der Waals surface area contributed by atoms with E-state index in [1.807, 2.05) is 48.0 Å². The molecule has 39 heavy (non-hydrogen) atoms. The number of aromatic amines is 1. The van der Waals surface area contributed by atoms with E-state index in [0.717, 1.165) is 53.5 Å². The molecule has 6 rings (SSSR count). The summed E-state index contributed by atoms with van der Waals surface area (Å²) in [6.45, 7) is 2.83. The van der Waals surface area contributed by atoms with Crippen LogP contribution in [0.3, 0.4) is 0 Å². The van der Waals surface area contributed by atoms with Crippen LogP contribution in [0.15, 0.2) is 76.1 Å². The van der Waals surface area contributed by atoms with Crippen molar-refractivity contribution < 1.29 is 8.81 Å². The Kier molecular flexibility index (Phi) is 7.06. The number of tetrazole rings is 1. The average Bonchev–Trinajstić information content (AvgIpc) is 3.64. The van der Waals surface area contributed by atoms with Gasteiger partial charge in [0.05, 0.1) is 18.8 Å². The van der Waals surface area contributed by atoms with Crippen molar-refractivity contribution in [2.75, 3.05) is 0 Å². The van der Waals surface area contributed by atoms with Gasteiger partial charge in [0.1, 0.15) is 17.6 Å². The monoisotopic (exact) mass is 526 g/mol. The third kappa shape index (κ3) is 5.40. The zero-order valence-electron chi connectivity index (χ0n) is 21.9. The van der Waals surface area contributed by atoms with E-state index in [2.05, 4.69) is 25.4 Å². The van der Waals surface area contributed by atoms with Crippen molar-refractivity contribution >= 4 is 10.9 Å². The van der Waals surface area contributed by atoms with Gasteiger partial charge in [-0.15, -0.1) is 5.10 Å². The Morgan fingerprint density at radius 1 is 1.08 bits per heavy atom. The minimum absolute atomic E-state index is 0.171. The molecule has 2 aromatic carbocycles. The predicted octanol–water partition coefficient (Wildman–Crippen LogP) is 5.85. The fourth-order valence-corrected chi connectivity index (χ4v) is 5.67. The fraction of sp³-hybridized carbons (Fsp3) is 0.333. The van der Waals surface area contributed by atoms with Crippen LogP contribution in [0.5, 0.6) is 0 Å². The van der Waals surface area contributed by atoms with Crippen LogP contribution in [0.4, 0.5) is 4.39 Å². The number of nitrogens with zero attached hydrogens (tertiary/aromatic N) is 5. The zero-order valence-corrected chi connectivity index (χ0v) is 21.9. The first-order valence-corrected chi connectivity index (χ1v) is 13.5. The van der Waals surface area contributed by atoms with E-state index in [-0.39, 0.29) is 17.4 Å². The molecule has 0 bridgehead atoms. The summed E-state index contributed by atoms with van der Waals surface area (Å²) in [7, 11) is 0. The van der Waals surface area contributed by atoms with Crippen LogP contribution < -0.4 is 5.56 Å². The molecule has 0 radical (unpaired) electrons. The highest BCUT2D eigenvalue weighted by molar-refractivity contribution is 5.79. The molecule has 0 aliphatic heterocycles. The molecule has 3 heterocycles. The lowest BCUT2D eigenvalue weighted by Gasteiger charge is -2.32. The van der Waals surface area contributed by atoms with Crippen molar-refractivity contribution in [3.05, 3.63) is 111 Å². The van der Waals surface area contributed by atoms with Gasteiger partial charge >= 0.3 is 0 Å². The number of hydrogen-bond donors (Lipinski definition) is 1. The Labute approximate surface area is 225 Å². The van der Waals surface area contributed by atoms with E-state index in [1.54, 1.807) is 18.4 Å². The molecule has 200 valence electrons. The number of hydrogen-bond acceptors (Lipinski definition) is 6. The van der Waals surface area contributed by atoms with Gasteiger partial charge in [-0.3, -0.25) is 9.69 Å². The molecule has 8 nitrogen and oxygen atoms in total. The summed E-state index contributed by atoms with van der Waals surface area (Å²) in [5.41, 5.74) is 3.11. The summed E-state index contributed by atoms with van der Waals surface area (Å²) in [4.78, 5) is 19.0. The summed E-state index contributed by atoms with van der Waals surface area (Å²) >= 11 is 0. The molecule has 5 aromatic rings. The highest BCUT2D eigenvalue weighted by atomic mass is 19.1. The van der Waals surface area contributed by atoms with Crippen molar-refractivity contribution in [3.8, 4) is 0 Å². The lowest BCUT2D eigenvalue weighted by Crippen LogP contribution is -2.35. The van der Waals surface area contributed by atoms with Gasteiger partial charge in [-0.25, -0.2) is 9.07 Å². The highest BCUT2D eigenvalue weighted by Crippen LogP contribution is 2.34. The van der Waals surface area contributed by atoms with Gasteiger partial charge in [-0.05, 0) is 83.1 Å². The number of nitrogens with one attached hydrogen (secondary N) is 1. The van der Waals surface area contributed by atoms with Gasteiger partial charge in [-0.2, -0.15) is 0 Å². The molecular formula is C30H31FN6O2. The molecule has 0 saturated heterocycles. The van der Waals surface area contributed by atoms with Gasteiger partial charge in [0.2, 0.25) is 0 Å². The maximum absolute atomic E-state index is 13.8. The van der Waals surface area contributed by atoms with E-state index in [9.17, 15) is 9.18 Å². The lowest BCUT2D eigenvalue weighted by molar-refractivity contribution is 0.173. The van der Waals surface area contributed by atoms with Gasteiger partial charge in [-0.1, -0.05) is 43.5 Å². The first kappa shape index (κ1) is 25.2. The Morgan fingerprint density at radius 3 is 2.67 bits per heavy atom. The molecule has 0 unspecified atom stereocenters. The summed E-state index contributed by atoms with van der Waals surface area (Å²) < 4.78 is 21.4. The maximum atomic E-state index is 13.8. The van der Waals surface area contributed by atoms with E-state index < -0.39 is 6.04 Å². The van der Waals surface area contributed by atoms with Crippen molar-refractivity contribution in [2.45, 2.75) is 64.2 Å². The molecular weight excluding hydrogens is 495 g/mol. The van der Waals surface area contributed by atoms with E-state index in [4.69, 9.17) is 4.42 Å². The maximum Gasteiger partial charge on any atom is 0.253 e. The topological polar surface area (TPSA) is 92.8 Å². The molecule has 0 amide bonds. The van der Waals surface area contributed by atoms with Crippen LogP contribution in [0, 0.1) is 12.7 Å². The van der Waals surface area contributed by atoms with Gasteiger partial charge in [0, 0.05) is 17.6 Å². The number of benzene rings is 2. The number of aryl methyl sites for hydroxylation is 1. The van der Waals surface area contributed by atoms with Crippen molar-refractivity contribution in [3.63, 3.8) is 0 Å². The number of rotatable bonds is 8. The molecule has 9 heteroatoms. The summed E-state index contributed by atoms with van der Waals surface area (Å²) in [5, 5.41) is 14.0. The number of fused-ring (bicyclic) bond motifs is 1.